The third kappa shape index (κ3) is 3.92. The van der Waals surface area contributed by atoms with E-state index in [1.807, 2.05) is 0 Å². The molecule has 0 bridgehead atoms. The van der Waals surface area contributed by atoms with Gasteiger partial charge in [0.25, 0.3) is 0 Å². The van der Waals surface area contributed by atoms with Gasteiger partial charge in [-0.25, -0.2) is 0 Å². The van der Waals surface area contributed by atoms with Gasteiger partial charge in [0.1, 0.15) is 0 Å². The molecule has 6 aliphatic carbocycles. The van der Waals surface area contributed by atoms with E-state index in [0.717, 1.165) is 24.2 Å². The summed E-state index contributed by atoms with van der Waals surface area (Å²) in [6.07, 6.45) is 15.7. The fourth-order valence-electron chi connectivity index (χ4n) is 13.0. The standard InChI is InChI=1S/C36H61NO2/c1-30(2,3)22-28(39)37-36-17-12-23(32(6)18-19-32)29(36)24-10-11-26-33(7)15-14-27(38)31(4,5)25(33)13-16-35(26,9)34(24,8)20-21-36/h23-27,29,38H,10-22H2,1-9H3,(H,37,39)/t23-,24-,25?,26?,27+,29?,33+,34-,35-,36+/m1/s1. The van der Waals surface area contributed by atoms with Crippen LogP contribution in [0.5, 0.6) is 0 Å². The van der Waals surface area contributed by atoms with Gasteiger partial charge in [-0.1, -0.05) is 62.3 Å². The first-order chi connectivity index (χ1) is 17.9. The highest BCUT2D eigenvalue weighted by Gasteiger charge is 2.72. The summed E-state index contributed by atoms with van der Waals surface area (Å²) in [5.41, 5.74) is 1.58. The maximum Gasteiger partial charge on any atom is 0.220 e. The van der Waals surface area contributed by atoms with E-state index in [9.17, 15) is 9.90 Å². The summed E-state index contributed by atoms with van der Waals surface area (Å²) >= 11 is 0. The van der Waals surface area contributed by atoms with Crippen LogP contribution in [0.4, 0.5) is 0 Å². The fraction of sp³-hybridized carbons (Fsp3) is 0.972. The SMILES string of the molecule is CC(C)(C)CC(=O)N[C@]12CC[C@@H](C3(C)CC3)C1[C@H]1CCC3[C@@]4(C)CC[C@H](O)C(C)(C)C4CC[C@@]3(C)[C@]1(C)CC2. The highest BCUT2D eigenvalue weighted by Crippen LogP contribution is 2.77. The van der Waals surface area contributed by atoms with E-state index >= 15 is 0 Å². The van der Waals surface area contributed by atoms with Crippen LogP contribution in [0.3, 0.4) is 0 Å². The van der Waals surface area contributed by atoms with Crippen LogP contribution in [0.1, 0.15) is 146 Å². The van der Waals surface area contributed by atoms with Crippen molar-refractivity contribution in [2.45, 2.75) is 157 Å². The number of hydrogen-bond acceptors (Lipinski definition) is 2. The summed E-state index contributed by atoms with van der Waals surface area (Å²) < 4.78 is 0. The Kier molecular flexibility index (Phi) is 6.22. The molecular formula is C36H61NO2. The van der Waals surface area contributed by atoms with Gasteiger partial charge in [0, 0.05) is 12.0 Å². The molecule has 0 saturated heterocycles. The van der Waals surface area contributed by atoms with Crippen LogP contribution in [0, 0.1) is 62.1 Å². The molecule has 3 nitrogen and oxygen atoms in total. The summed E-state index contributed by atoms with van der Waals surface area (Å²) in [6, 6.07) is 0. The first-order valence-electron chi connectivity index (χ1n) is 16.9. The number of nitrogens with one attached hydrogen (secondary N) is 1. The minimum Gasteiger partial charge on any atom is -0.393 e. The molecule has 6 aliphatic rings. The fourth-order valence-corrected chi connectivity index (χ4v) is 13.0. The second-order valence-electron chi connectivity index (χ2n) is 18.8. The molecule has 0 aromatic rings. The molecule has 0 heterocycles. The Balaban J connectivity index is 1.36. The van der Waals surface area contributed by atoms with Crippen LogP contribution >= 0.6 is 0 Å². The van der Waals surface area contributed by atoms with Crippen molar-refractivity contribution in [2.24, 2.45) is 62.1 Å². The third-order valence-electron chi connectivity index (χ3n) is 15.4. The molecule has 3 unspecified atom stereocenters. The summed E-state index contributed by atoms with van der Waals surface area (Å²) in [5, 5.41) is 14.9. The molecule has 0 aromatic carbocycles. The van der Waals surface area contributed by atoms with Crippen LogP contribution < -0.4 is 5.32 Å². The largest absolute Gasteiger partial charge is 0.393 e. The monoisotopic (exact) mass is 539 g/mol. The predicted octanol–water partition coefficient (Wildman–Crippen LogP) is 8.53. The highest BCUT2D eigenvalue weighted by molar-refractivity contribution is 5.77. The molecule has 222 valence electrons. The summed E-state index contributed by atoms with van der Waals surface area (Å²) in [7, 11) is 0. The maximum absolute atomic E-state index is 13.5. The first-order valence-corrected chi connectivity index (χ1v) is 16.9. The summed E-state index contributed by atoms with van der Waals surface area (Å²) in [4.78, 5) is 13.5. The lowest BCUT2D eigenvalue weighted by Gasteiger charge is -2.73. The van der Waals surface area contributed by atoms with Crippen LogP contribution in [0.25, 0.3) is 0 Å². The van der Waals surface area contributed by atoms with Gasteiger partial charge in [-0.3, -0.25) is 4.79 Å². The lowest BCUT2D eigenvalue weighted by Crippen LogP contribution is -2.69. The van der Waals surface area contributed by atoms with E-state index in [0.29, 0.717) is 45.8 Å². The molecule has 2 N–H and O–H groups in total. The Labute approximate surface area is 240 Å². The van der Waals surface area contributed by atoms with Crippen LogP contribution in [-0.2, 0) is 4.79 Å². The second-order valence-corrected chi connectivity index (χ2v) is 18.8. The van der Waals surface area contributed by atoms with Crippen LogP contribution in [0.15, 0.2) is 0 Å². The molecule has 6 fully saturated rings. The molecule has 6 saturated carbocycles. The van der Waals surface area contributed by atoms with Crippen molar-refractivity contribution in [3.63, 3.8) is 0 Å². The van der Waals surface area contributed by atoms with Crippen molar-refractivity contribution in [3.8, 4) is 0 Å². The lowest BCUT2D eigenvalue weighted by molar-refractivity contribution is -0.245. The van der Waals surface area contributed by atoms with Crippen molar-refractivity contribution in [2.75, 3.05) is 0 Å². The average molecular weight is 540 g/mol. The Morgan fingerprint density at radius 3 is 2.08 bits per heavy atom. The molecule has 39 heavy (non-hydrogen) atoms. The van der Waals surface area contributed by atoms with E-state index in [1.54, 1.807) is 0 Å². The van der Waals surface area contributed by atoms with E-state index < -0.39 is 0 Å². The molecule has 10 atom stereocenters. The van der Waals surface area contributed by atoms with E-state index in [4.69, 9.17) is 0 Å². The van der Waals surface area contributed by atoms with Gasteiger partial charge in [-0.05, 0) is 139 Å². The molecular weight excluding hydrogens is 478 g/mol. The van der Waals surface area contributed by atoms with Gasteiger partial charge < -0.3 is 10.4 Å². The summed E-state index contributed by atoms with van der Waals surface area (Å²) in [5.74, 6) is 3.80. The normalized spacial score (nSPS) is 51.6. The van der Waals surface area contributed by atoms with Gasteiger partial charge in [-0.2, -0.15) is 0 Å². The minimum atomic E-state index is -0.155. The number of rotatable bonds is 3. The van der Waals surface area contributed by atoms with Crippen LogP contribution in [-0.4, -0.2) is 22.7 Å². The number of fused-ring (bicyclic) bond motifs is 7. The van der Waals surface area contributed by atoms with Gasteiger partial charge >= 0.3 is 0 Å². The molecule has 6 rings (SSSR count). The second kappa shape index (κ2) is 8.50. The Morgan fingerprint density at radius 1 is 0.744 bits per heavy atom. The zero-order chi connectivity index (χ0) is 28.4. The van der Waals surface area contributed by atoms with Crippen molar-refractivity contribution in [3.05, 3.63) is 0 Å². The number of aliphatic hydroxyl groups is 1. The van der Waals surface area contributed by atoms with Gasteiger partial charge in [0.15, 0.2) is 0 Å². The quantitative estimate of drug-likeness (QED) is 0.377. The van der Waals surface area contributed by atoms with E-state index in [2.05, 4.69) is 67.6 Å². The number of hydrogen-bond donors (Lipinski definition) is 2. The summed E-state index contributed by atoms with van der Waals surface area (Å²) in [6.45, 7) is 22.0. The molecule has 0 aliphatic heterocycles. The minimum absolute atomic E-state index is 0.0161. The Bertz CT molecular complexity index is 1010. The van der Waals surface area contributed by atoms with Crippen molar-refractivity contribution >= 4 is 5.91 Å². The lowest BCUT2D eigenvalue weighted by atomic mass is 9.32. The van der Waals surface area contributed by atoms with Gasteiger partial charge in [0.05, 0.1) is 6.10 Å². The topological polar surface area (TPSA) is 49.3 Å². The molecule has 1 amide bonds. The van der Waals surface area contributed by atoms with Gasteiger partial charge in [0.2, 0.25) is 5.91 Å². The van der Waals surface area contributed by atoms with Gasteiger partial charge in [-0.15, -0.1) is 0 Å². The van der Waals surface area contributed by atoms with E-state index in [-0.39, 0.29) is 22.5 Å². The molecule has 0 spiro atoms. The molecule has 0 radical (unpaired) electrons. The molecule has 0 aromatic heterocycles. The zero-order valence-electron chi connectivity index (χ0n) is 27.0. The smallest absolute Gasteiger partial charge is 0.220 e. The Hall–Kier alpha value is -0.570. The third-order valence-corrected chi connectivity index (χ3v) is 15.4. The number of carbonyl (C=O) groups excluding carboxylic acids is 1. The van der Waals surface area contributed by atoms with Crippen molar-refractivity contribution in [1.82, 2.24) is 5.32 Å². The maximum atomic E-state index is 13.5. The number of amides is 1. The number of aliphatic hydroxyl groups excluding tert-OH is 1. The first kappa shape index (κ1) is 28.5. The average Bonchev–Trinajstić information content (AvgIpc) is 3.44. The van der Waals surface area contributed by atoms with Crippen molar-refractivity contribution < 1.29 is 9.90 Å². The number of carbonyl (C=O) groups is 1. The molecule has 3 heteroatoms. The zero-order valence-corrected chi connectivity index (χ0v) is 27.0. The highest BCUT2D eigenvalue weighted by atomic mass is 16.3. The Morgan fingerprint density at radius 2 is 1.44 bits per heavy atom. The predicted molar refractivity (Wildman–Crippen MR) is 160 cm³/mol. The van der Waals surface area contributed by atoms with E-state index in [1.165, 1.54) is 70.6 Å². The van der Waals surface area contributed by atoms with Crippen LogP contribution in [0.2, 0.25) is 0 Å². The van der Waals surface area contributed by atoms with Crippen molar-refractivity contribution in [1.29, 1.82) is 0 Å².